The average molecular weight is 300 g/mol. The van der Waals surface area contributed by atoms with Gasteiger partial charge >= 0.3 is 12.1 Å². The molecule has 2 aromatic rings. The number of nitrogens with zero attached hydrogens (tertiary/aromatic N) is 1. The number of ether oxygens (including phenoxy) is 1. The highest BCUT2D eigenvalue weighted by atomic mass is 19.4. The van der Waals surface area contributed by atoms with Crippen LogP contribution in [0.15, 0.2) is 18.2 Å². The fraction of sp³-hybridized carbons (Fsp3) is 0.429. The number of fused-ring (bicyclic) bond motifs is 1. The Bertz CT molecular complexity index is 674. The molecule has 0 aliphatic rings. The van der Waals surface area contributed by atoms with Crippen molar-refractivity contribution in [3.05, 3.63) is 29.6 Å². The molecule has 4 nitrogen and oxygen atoms in total. The van der Waals surface area contributed by atoms with Gasteiger partial charge in [-0.3, -0.25) is 4.79 Å². The van der Waals surface area contributed by atoms with E-state index in [1.807, 2.05) is 0 Å². The Morgan fingerprint density at radius 1 is 1.33 bits per heavy atom. The molecule has 0 fully saturated rings. The number of nitrogens with one attached hydrogen (secondary N) is 1. The minimum absolute atomic E-state index is 0.223. The molecule has 114 valence electrons. The number of aromatic amines is 1. The molecule has 7 heteroatoms. The Balaban J connectivity index is 2.46. The number of H-pyrrole nitrogens is 1. The van der Waals surface area contributed by atoms with E-state index in [9.17, 15) is 18.0 Å². The van der Waals surface area contributed by atoms with Crippen molar-refractivity contribution < 1.29 is 22.7 Å². The fourth-order valence-electron chi connectivity index (χ4n) is 1.89. The minimum Gasteiger partial charge on any atom is -0.465 e. The monoisotopic (exact) mass is 300 g/mol. The van der Waals surface area contributed by atoms with E-state index >= 15 is 0 Å². The largest absolute Gasteiger partial charge is 0.465 e. The summed E-state index contributed by atoms with van der Waals surface area (Å²) in [5, 5.41) is 0. The van der Waals surface area contributed by atoms with E-state index in [2.05, 4.69) is 9.97 Å². The number of carbonyl (C=O) groups is 1. The van der Waals surface area contributed by atoms with Gasteiger partial charge in [-0.1, -0.05) is 0 Å². The number of benzene rings is 1. The summed E-state index contributed by atoms with van der Waals surface area (Å²) in [5.74, 6) is -0.213. The highest BCUT2D eigenvalue weighted by molar-refractivity contribution is 5.83. The molecular formula is C14H15F3N2O2. The lowest BCUT2D eigenvalue weighted by molar-refractivity contribution is -0.149. The van der Waals surface area contributed by atoms with Crippen LogP contribution in [0.3, 0.4) is 0 Å². The zero-order valence-electron chi connectivity index (χ0n) is 11.8. The molecule has 0 aliphatic carbocycles. The topological polar surface area (TPSA) is 55.0 Å². The number of aromatic nitrogens is 2. The molecule has 0 amide bonds. The maximum atomic E-state index is 12.7. The van der Waals surface area contributed by atoms with Gasteiger partial charge in [0.15, 0.2) is 0 Å². The van der Waals surface area contributed by atoms with E-state index in [0.717, 1.165) is 12.1 Å². The Hall–Kier alpha value is -2.05. The molecule has 0 atom stereocenters. The Labute approximate surface area is 119 Å². The lowest BCUT2D eigenvalue weighted by Crippen LogP contribution is -2.32. The predicted molar refractivity (Wildman–Crippen MR) is 70.8 cm³/mol. The third kappa shape index (κ3) is 2.86. The molecular weight excluding hydrogens is 285 g/mol. The first kappa shape index (κ1) is 15.3. The first-order valence-electron chi connectivity index (χ1n) is 6.41. The minimum atomic E-state index is -4.42. The van der Waals surface area contributed by atoms with Crippen molar-refractivity contribution >= 4 is 17.0 Å². The van der Waals surface area contributed by atoms with Crippen LogP contribution in [0.2, 0.25) is 0 Å². The highest BCUT2D eigenvalue weighted by Gasteiger charge is 2.35. The molecule has 1 heterocycles. The van der Waals surface area contributed by atoms with Crippen molar-refractivity contribution in [1.82, 2.24) is 9.97 Å². The van der Waals surface area contributed by atoms with Crippen LogP contribution in [0.4, 0.5) is 13.2 Å². The van der Waals surface area contributed by atoms with E-state index in [-0.39, 0.29) is 17.9 Å². The smallest absolute Gasteiger partial charge is 0.416 e. The molecule has 1 N–H and O–H groups in total. The number of alkyl halides is 3. The van der Waals surface area contributed by atoms with Gasteiger partial charge in [0.2, 0.25) is 0 Å². The summed E-state index contributed by atoms with van der Waals surface area (Å²) in [6, 6.07) is 3.22. The summed E-state index contributed by atoms with van der Waals surface area (Å²) in [6.45, 7) is 5.11. The molecule has 2 rings (SSSR count). The number of halogens is 3. The summed E-state index contributed by atoms with van der Waals surface area (Å²) in [6.07, 6.45) is -4.42. The number of hydrogen-bond donors (Lipinski definition) is 1. The number of imidazole rings is 1. The van der Waals surface area contributed by atoms with Gasteiger partial charge in [0.05, 0.1) is 23.2 Å². The van der Waals surface area contributed by atoms with Crippen molar-refractivity contribution in [3.8, 4) is 0 Å². The van der Waals surface area contributed by atoms with E-state index in [4.69, 9.17) is 4.74 Å². The van der Waals surface area contributed by atoms with E-state index in [0.29, 0.717) is 5.52 Å². The van der Waals surface area contributed by atoms with E-state index in [1.54, 1.807) is 20.8 Å². The van der Waals surface area contributed by atoms with E-state index < -0.39 is 23.1 Å². The summed E-state index contributed by atoms with van der Waals surface area (Å²) in [5.41, 5.74) is -1.22. The van der Waals surface area contributed by atoms with Crippen molar-refractivity contribution in [1.29, 1.82) is 0 Å². The fourth-order valence-corrected chi connectivity index (χ4v) is 1.89. The number of carbonyl (C=O) groups excluding carboxylic acids is 1. The summed E-state index contributed by atoms with van der Waals surface area (Å²) in [7, 11) is 0. The van der Waals surface area contributed by atoms with Crippen molar-refractivity contribution in [2.45, 2.75) is 32.4 Å². The van der Waals surface area contributed by atoms with Crippen LogP contribution in [-0.2, 0) is 21.1 Å². The van der Waals surface area contributed by atoms with E-state index in [1.165, 1.54) is 6.07 Å². The second-order valence-corrected chi connectivity index (χ2v) is 5.16. The summed E-state index contributed by atoms with van der Waals surface area (Å²) < 4.78 is 43.0. The maximum absolute atomic E-state index is 12.7. The van der Waals surface area contributed by atoms with Crippen LogP contribution < -0.4 is 0 Å². The SMILES string of the molecule is CCOC(=O)C(C)(C)c1nc2ccc(C(F)(F)F)cc2[nH]1. The molecule has 0 saturated heterocycles. The Morgan fingerprint density at radius 3 is 2.57 bits per heavy atom. The number of hydrogen-bond acceptors (Lipinski definition) is 3. The lowest BCUT2D eigenvalue weighted by atomic mass is 9.93. The van der Waals surface area contributed by atoms with Gasteiger partial charge < -0.3 is 9.72 Å². The zero-order valence-corrected chi connectivity index (χ0v) is 11.8. The van der Waals surface area contributed by atoms with Crippen LogP contribution in [0.25, 0.3) is 11.0 Å². The lowest BCUT2D eigenvalue weighted by Gasteiger charge is -2.19. The second kappa shape index (κ2) is 5.05. The summed E-state index contributed by atoms with van der Waals surface area (Å²) >= 11 is 0. The van der Waals surface area contributed by atoms with Gasteiger partial charge in [0.25, 0.3) is 0 Å². The molecule has 1 aromatic heterocycles. The molecule has 0 aliphatic heterocycles. The van der Waals surface area contributed by atoms with Crippen LogP contribution in [0.5, 0.6) is 0 Å². The van der Waals surface area contributed by atoms with Gasteiger partial charge in [-0.25, -0.2) is 4.98 Å². The molecule has 0 saturated carbocycles. The van der Waals surface area contributed by atoms with Crippen LogP contribution in [0, 0.1) is 0 Å². The zero-order chi connectivity index (χ0) is 15.8. The third-order valence-electron chi connectivity index (χ3n) is 3.19. The summed E-state index contributed by atoms with van der Waals surface area (Å²) in [4.78, 5) is 18.9. The van der Waals surface area contributed by atoms with Crippen molar-refractivity contribution in [3.63, 3.8) is 0 Å². The first-order chi connectivity index (χ1) is 9.66. The highest BCUT2D eigenvalue weighted by Crippen LogP contribution is 2.32. The second-order valence-electron chi connectivity index (χ2n) is 5.16. The number of esters is 1. The molecule has 0 unspecified atom stereocenters. The molecule has 0 radical (unpaired) electrons. The van der Waals surface area contributed by atoms with Gasteiger partial charge in [-0.05, 0) is 39.0 Å². The Kier molecular flexibility index (Phi) is 3.69. The molecule has 0 spiro atoms. The Morgan fingerprint density at radius 2 is 2.00 bits per heavy atom. The van der Waals surface area contributed by atoms with Crippen LogP contribution >= 0.6 is 0 Å². The van der Waals surface area contributed by atoms with Crippen LogP contribution in [0.1, 0.15) is 32.2 Å². The molecule has 0 bridgehead atoms. The van der Waals surface area contributed by atoms with Gasteiger partial charge in [-0.2, -0.15) is 13.2 Å². The molecule has 21 heavy (non-hydrogen) atoms. The molecule has 1 aromatic carbocycles. The predicted octanol–water partition coefficient (Wildman–Crippen LogP) is 3.42. The normalized spacial score (nSPS) is 12.7. The van der Waals surface area contributed by atoms with Gasteiger partial charge in [0.1, 0.15) is 11.2 Å². The quantitative estimate of drug-likeness (QED) is 0.884. The number of rotatable bonds is 3. The standard InChI is InChI=1S/C14H15F3N2O2/c1-4-21-12(20)13(2,3)11-18-9-6-5-8(14(15,16)17)7-10(9)19-11/h5-7H,4H2,1-3H3,(H,18,19). The van der Waals surface area contributed by atoms with Crippen LogP contribution in [-0.4, -0.2) is 22.5 Å². The van der Waals surface area contributed by atoms with Gasteiger partial charge in [0, 0.05) is 0 Å². The van der Waals surface area contributed by atoms with Gasteiger partial charge in [-0.15, -0.1) is 0 Å². The average Bonchev–Trinajstić information content (AvgIpc) is 2.81. The van der Waals surface area contributed by atoms with Crippen molar-refractivity contribution in [2.24, 2.45) is 0 Å². The van der Waals surface area contributed by atoms with Crippen molar-refractivity contribution in [2.75, 3.05) is 6.61 Å². The first-order valence-corrected chi connectivity index (χ1v) is 6.41. The maximum Gasteiger partial charge on any atom is 0.416 e. The third-order valence-corrected chi connectivity index (χ3v) is 3.19.